The first kappa shape index (κ1) is 17.7. The van der Waals surface area contributed by atoms with Crippen LogP contribution in [-0.2, 0) is 0 Å². The third-order valence-corrected chi connectivity index (χ3v) is 3.85. The highest BCUT2D eigenvalue weighted by Crippen LogP contribution is 2.33. The van der Waals surface area contributed by atoms with Crippen LogP contribution in [0.2, 0.25) is 0 Å². The van der Waals surface area contributed by atoms with Gasteiger partial charge in [-0.25, -0.2) is 0 Å². The summed E-state index contributed by atoms with van der Waals surface area (Å²) in [6.45, 7) is -2.90. The average Bonchev–Trinajstić information content (AvgIpc) is 2.63. The molecule has 5 nitrogen and oxygen atoms in total. The fourth-order valence-electron chi connectivity index (χ4n) is 2.61. The highest BCUT2D eigenvalue weighted by molar-refractivity contribution is 6.14. The number of rotatable bonds is 5. The molecule has 26 heavy (non-hydrogen) atoms. The van der Waals surface area contributed by atoms with E-state index < -0.39 is 6.61 Å². The molecular formula is C19H16F2O5. The van der Waals surface area contributed by atoms with Gasteiger partial charge in [0.1, 0.15) is 18.1 Å². The van der Waals surface area contributed by atoms with Crippen LogP contribution in [-0.4, -0.2) is 33.2 Å². The number of carbonyl (C=O) groups excluding carboxylic acids is 1. The van der Waals surface area contributed by atoms with Crippen molar-refractivity contribution in [3.05, 3.63) is 53.1 Å². The molecule has 0 aromatic heterocycles. The Balaban J connectivity index is 1.94. The van der Waals surface area contributed by atoms with Crippen molar-refractivity contribution in [3.8, 4) is 23.0 Å². The van der Waals surface area contributed by atoms with Gasteiger partial charge in [-0.1, -0.05) is 6.07 Å². The maximum absolute atomic E-state index is 12.7. The normalized spacial score (nSPS) is 14.8. The molecule has 1 heterocycles. The molecule has 136 valence electrons. The zero-order valence-corrected chi connectivity index (χ0v) is 14.1. The maximum atomic E-state index is 12.7. The Labute approximate surface area is 148 Å². The SMILES string of the molecule is COc1ccc2c(c1)C(=O)/C(=C/c1ccc(OC)c(OC(F)F)c1)CO2. The van der Waals surface area contributed by atoms with Gasteiger partial charge in [-0.3, -0.25) is 4.79 Å². The van der Waals surface area contributed by atoms with Crippen molar-refractivity contribution in [2.24, 2.45) is 0 Å². The van der Waals surface area contributed by atoms with Gasteiger partial charge in [0.25, 0.3) is 0 Å². The van der Waals surface area contributed by atoms with E-state index in [4.69, 9.17) is 14.2 Å². The summed E-state index contributed by atoms with van der Waals surface area (Å²) in [5.74, 6) is 0.873. The maximum Gasteiger partial charge on any atom is 0.387 e. The highest BCUT2D eigenvalue weighted by Gasteiger charge is 2.24. The lowest BCUT2D eigenvalue weighted by Crippen LogP contribution is -2.19. The molecule has 2 aromatic rings. The van der Waals surface area contributed by atoms with E-state index in [2.05, 4.69) is 4.74 Å². The molecule has 0 bridgehead atoms. The van der Waals surface area contributed by atoms with E-state index in [-0.39, 0.29) is 23.9 Å². The lowest BCUT2D eigenvalue weighted by Gasteiger charge is -2.19. The predicted molar refractivity (Wildman–Crippen MR) is 90.4 cm³/mol. The van der Waals surface area contributed by atoms with Crippen molar-refractivity contribution < 1.29 is 32.5 Å². The second-order valence-electron chi connectivity index (χ2n) is 5.44. The van der Waals surface area contributed by atoms with Crippen LogP contribution in [0.3, 0.4) is 0 Å². The first-order valence-corrected chi connectivity index (χ1v) is 7.70. The minimum atomic E-state index is -2.98. The van der Waals surface area contributed by atoms with Crippen LogP contribution in [0, 0.1) is 0 Å². The fourth-order valence-corrected chi connectivity index (χ4v) is 2.61. The zero-order valence-electron chi connectivity index (χ0n) is 14.1. The van der Waals surface area contributed by atoms with Gasteiger partial charge in [0.05, 0.1) is 19.8 Å². The summed E-state index contributed by atoms with van der Waals surface area (Å²) in [7, 11) is 2.86. The van der Waals surface area contributed by atoms with Crippen LogP contribution in [0.4, 0.5) is 8.78 Å². The average molecular weight is 362 g/mol. The molecule has 0 N–H and O–H groups in total. The van der Waals surface area contributed by atoms with Gasteiger partial charge in [0.2, 0.25) is 0 Å². The van der Waals surface area contributed by atoms with E-state index in [1.54, 1.807) is 30.3 Å². The Bertz CT molecular complexity index is 861. The Morgan fingerprint density at radius 3 is 2.58 bits per heavy atom. The molecule has 0 spiro atoms. The van der Waals surface area contributed by atoms with Crippen molar-refractivity contribution in [3.63, 3.8) is 0 Å². The van der Waals surface area contributed by atoms with E-state index in [9.17, 15) is 13.6 Å². The molecule has 0 atom stereocenters. The number of carbonyl (C=O) groups is 1. The monoisotopic (exact) mass is 362 g/mol. The van der Waals surface area contributed by atoms with Gasteiger partial charge in [0, 0.05) is 5.57 Å². The molecule has 0 saturated carbocycles. The van der Waals surface area contributed by atoms with Crippen LogP contribution >= 0.6 is 0 Å². The summed E-state index contributed by atoms with van der Waals surface area (Å²) in [6, 6.07) is 9.49. The molecular weight excluding hydrogens is 346 g/mol. The van der Waals surface area contributed by atoms with E-state index in [0.717, 1.165) is 0 Å². The first-order chi connectivity index (χ1) is 12.5. The molecule has 0 unspecified atom stereocenters. The number of hydrogen-bond donors (Lipinski definition) is 0. The van der Waals surface area contributed by atoms with Crippen LogP contribution in [0.15, 0.2) is 42.0 Å². The van der Waals surface area contributed by atoms with E-state index in [1.807, 2.05) is 0 Å². The van der Waals surface area contributed by atoms with E-state index >= 15 is 0 Å². The number of fused-ring (bicyclic) bond motifs is 1. The van der Waals surface area contributed by atoms with Crippen LogP contribution < -0.4 is 18.9 Å². The van der Waals surface area contributed by atoms with Gasteiger partial charge >= 0.3 is 6.61 Å². The number of benzene rings is 2. The molecule has 0 radical (unpaired) electrons. The van der Waals surface area contributed by atoms with Gasteiger partial charge in [-0.2, -0.15) is 8.78 Å². The van der Waals surface area contributed by atoms with Crippen LogP contribution in [0.5, 0.6) is 23.0 Å². The number of ketones is 1. The molecule has 0 fully saturated rings. The van der Waals surface area contributed by atoms with Crippen molar-refractivity contribution in [1.29, 1.82) is 0 Å². The molecule has 2 aromatic carbocycles. The van der Waals surface area contributed by atoms with Crippen molar-refractivity contribution in [2.75, 3.05) is 20.8 Å². The number of Topliss-reactive ketones (excluding diaryl/α,β-unsaturated/α-hetero) is 1. The summed E-state index contributed by atoms with van der Waals surface area (Å²) in [5.41, 5.74) is 1.29. The first-order valence-electron chi connectivity index (χ1n) is 7.70. The number of alkyl halides is 2. The van der Waals surface area contributed by atoms with Crippen LogP contribution in [0.1, 0.15) is 15.9 Å². The Morgan fingerprint density at radius 1 is 1.08 bits per heavy atom. The second-order valence-corrected chi connectivity index (χ2v) is 5.44. The minimum Gasteiger partial charge on any atom is -0.497 e. The summed E-state index contributed by atoms with van der Waals surface area (Å²) in [6.07, 6.45) is 1.57. The molecule has 0 saturated heterocycles. The molecule has 1 aliphatic heterocycles. The number of hydrogen-bond acceptors (Lipinski definition) is 5. The van der Waals surface area contributed by atoms with E-state index in [0.29, 0.717) is 28.2 Å². The molecule has 7 heteroatoms. The molecule has 3 rings (SSSR count). The van der Waals surface area contributed by atoms with Gasteiger partial charge in [-0.05, 0) is 42.0 Å². The van der Waals surface area contributed by atoms with Gasteiger partial charge in [0.15, 0.2) is 17.3 Å². The summed E-state index contributed by atoms with van der Waals surface area (Å²) in [5, 5.41) is 0. The molecule has 0 aliphatic carbocycles. The van der Waals surface area contributed by atoms with Gasteiger partial charge < -0.3 is 18.9 Å². The lowest BCUT2D eigenvalue weighted by molar-refractivity contribution is -0.0512. The summed E-state index contributed by atoms with van der Waals surface area (Å²) < 4.78 is 45.3. The molecule has 0 amide bonds. The Hall–Kier alpha value is -3.09. The smallest absolute Gasteiger partial charge is 0.387 e. The zero-order chi connectivity index (χ0) is 18.7. The largest absolute Gasteiger partial charge is 0.497 e. The lowest BCUT2D eigenvalue weighted by atomic mass is 9.98. The van der Waals surface area contributed by atoms with Crippen molar-refractivity contribution >= 4 is 11.9 Å². The fraction of sp³-hybridized carbons (Fsp3) is 0.211. The quantitative estimate of drug-likeness (QED) is 0.754. The Morgan fingerprint density at radius 2 is 1.88 bits per heavy atom. The standard InChI is InChI=1S/C19H16F2O5/c1-23-13-4-6-15-14(9-13)18(22)12(10-25-15)7-11-3-5-16(24-2)17(8-11)26-19(20)21/h3-9,19H,10H2,1-2H3/b12-7+. The van der Waals surface area contributed by atoms with Gasteiger partial charge in [-0.15, -0.1) is 0 Å². The van der Waals surface area contributed by atoms with Crippen molar-refractivity contribution in [1.82, 2.24) is 0 Å². The third kappa shape index (κ3) is 3.61. The summed E-state index contributed by atoms with van der Waals surface area (Å²) >= 11 is 0. The predicted octanol–water partition coefficient (Wildman–Crippen LogP) is 3.96. The number of halogens is 2. The molecule has 1 aliphatic rings. The second kappa shape index (κ2) is 7.43. The number of ether oxygens (including phenoxy) is 4. The highest BCUT2D eigenvalue weighted by atomic mass is 19.3. The van der Waals surface area contributed by atoms with Crippen molar-refractivity contribution in [2.45, 2.75) is 6.61 Å². The minimum absolute atomic E-state index is 0.0786. The summed E-state index contributed by atoms with van der Waals surface area (Å²) in [4.78, 5) is 12.7. The topological polar surface area (TPSA) is 54.0 Å². The third-order valence-electron chi connectivity index (χ3n) is 3.85. The Kier molecular flexibility index (Phi) is 5.06. The van der Waals surface area contributed by atoms with E-state index in [1.165, 1.54) is 26.4 Å². The van der Waals surface area contributed by atoms with Crippen LogP contribution in [0.25, 0.3) is 6.08 Å². The number of methoxy groups -OCH3 is 2.